The van der Waals surface area contributed by atoms with Crippen LogP contribution >= 0.6 is 11.3 Å². The molecule has 5 nitrogen and oxygen atoms in total. The van der Waals surface area contributed by atoms with Crippen molar-refractivity contribution >= 4 is 22.4 Å². The fourth-order valence-corrected chi connectivity index (χ4v) is 3.81. The van der Waals surface area contributed by atoms with Crippen LogP contribution in [0.25, 0.3) is 0 Å². The van der Waals surface area contributed by atoms with Crippen molar-refractivity contribution in [3.05, 3.63) is 70.5 Å². The molecule has 0 fully saturated rings. The number of benzene rings is 2. The number of ether oxygens (including phenoxy) is 2. The van der Waals surface area contributed by atoms with Crippen molar-refractivity contribution in [3.63, 3.8) is 0 Å². The number of nitrogens with zero attached hydrogens (tertiary/aromatic N) is 1. The number of hydrogen-bond donors (Lipinski definition) is 1. The molecule has 2 heterocycles. The molecule has 1 aromatic heterocycles. The van der Waals surface area contributed by atoms with Crippen molar-refractivity contribution in [3.8, 4) is 11.5 Å². The Bertz CT molecular complexity index is 989. The van der Waals surface area contributed by atoms with Gasteiger partial charge < -0.3 is 14.8 Å². The number of halogens is 1. The Morgan fingerprint density at radius 2 is 1.96 bits per heavy atom. The molecule has 1 aliphatic heterocycles. The van der Waals surface area contributed by atoms with Gasteiger partial charge in [0.05, 0.1) is 0 Å². The number of hydrogen-bond acceptors (Lipinski definition) is 5. The van der Waals surface area contributed by atoms with Crippen LogP contribution in [0.4, 0.5) is 9.52 Å². The number of aryl methyl sites for hydroxylation is 1. The maximum atomic E-state index is 13.8. The second kappa shape index (κ2) is 8.39. The van der Waals surface area contributed by atoms with Gasteiger partial charge in [-0.05, 0) is 35.7 Å². The van der Waals surface area contributed by atoms with Gasteiger partial charge >= 0.3 is 0 Å². The fourth-order valence-electron chi connectivity index (χ4n) is 2.96. The lowest BCUT2D eigenvalue weighted by Gasteiger charge is -2.18. The van der Waals surface area contributed by atoms with E-state index in [1.165, 1.54) is 17.4 Å². The summed E-state index contributed by atoms with van der Waals surface area (Å²) in [6.45, 7) is 1.09. The summed E-state index contributed by atoms with van der Waals surface area (Å²) in [6.07, 6.45) is 3.06. The first-order valence-corrected chi connectivity index (χ1v) is 9.85. The monoisotopic (exact) mass is 398 g/mol. The topological polar surface area (TPSA) is 60.5 Å². The van der Waals surface area contributed by atoms with E-state index in [9.17, 15) is 9.18 Å². The van der Waals surface area contributed by atoms with Crippen molar-refractivity contribution < 1.29 is 18.7 Å². The summed E-state index contributed by atoms with van der Waals surface area (Å²) in [5.41, 5.74) is 1.63. The fraction of sp³-hybridized carbons (Fsp3) is 0.238. The Morgan fingerprint density at radius 1 is 1.14 bits per heavy atom. The van der Waals surface area contributed by atoms with Gasteiger partial charge in [-0.25, -0.2) is 9.37 Å². The lowest BCUT2D eigenvalue weighted by atomic mass is 10.1. The van der Waals surface area contributed by atoms with Crippen molar-refractivity contribution in [2.75, 3.05) is 18.5 Å². The number of carbonyl (C=O) groups is 1. The lowest BCUT2D eigenvalue weighted by Crippen LogP contribution is -2.15. The quantitative estimate of drug-likeness (QED) is 0.676. The average molecular weight is 398 g/mol. The van der Waals surface area contributed by atoms with Crippen LogP contribution in [0.1, 0.15) is 22.4 Å². The Balaban J connectivity index is 1.31. The SMILES string of the molecule is O=C(CCc1ccc2c(c1)OCCO2)Nc1ncc(Cc2ccccc2F)s1. The molecule has 7 heteroatoms. The summed E-state index contributed by atoms with van der Waals surface area (Å²) in [5, 5.41) is 3.34. The second-order valence-corrected chi connectivity index (χ2v) is 7.54. The Hall–Kier alpha value is -2.93. The largest absolute Gasteiger partial charge is 0.486 e. The molecule has 0 spiro atoms. The molecule has 0 unspecified atom stereocenters. The smallest absolute Gasteiger partial charge is 0.226 e. The highest BCUT2D eigenvalue weighted by Crippen LogP contribution is 2.31. The molecule has 1 N–H and O–H groups in total. The number of thiazole rings is 1. The normalized spacial score (nSPS) is 12.6. The van der Waals surface area contributed by atoms with Crippen molar-refractivity contribution in [2.45, 2.75) is 19.3 Å². The Kier molecular flexibility index (Phi) is 5.53. The van der Waals surface area contributed by atoms with Gasteiger partial charge in [-0.3, -0.25) is 4.79 Å². The van der Waals surface area contributed by atoms with E-state index in [1.807, 2.05) is 18.2 Å². The summed E-state index contributed by atoms with van der Waals surface area (Å²) in [6, 6.07) is 12.4. The predicted octanol–water partition coefficient (Wildman–Crippen LogP) is 4.22. The van der Waals surface area contributed by atoms with Crippen LogP contribution in [0.5, 0.6) is 11.5 Å². The average Bonchev–Trinajstić information content (AvgIpc) is 3.15. The van der Waals surface area contributed by atoms with Gasteiger partial charge in [-0.2, -0.15) is 0 Å². The summed E-state index contributed by atoms with van der Waals surface area (Å²) in [5.74, 6) is 1.12. The number of anilines is 1. The van der Waals surface area contributed by atoms with Gasteiger partial charge in [0.1, 0.15) is 19.0 Å². The van der Waals surface area contributed by atoms with E-state index in [0.29, 0.717) is 43.2 Å². The molecule has 0 atom stereocenters. The molecular formula is C21H19FN2O3S. The maximum Gasteiger partial charge on any atom is 0.226 e. The van der Waals surface area contributed by atoms with Crippen LogP contribution in [-0.2, 0) is 17.6 Å². The Morgan fingerprint density at radius 3 is 2.82 bits per heavy atom. The Labute approximate surface area is 166 Å². The minimum atomic E-state index is -0.235. The molecule has 28 heavy (non-hydrogen) atoms. The van der Waals surface area contributed by atoms with E-state index >= 15 is 0 Å². The predicted molar refractivity (Wildman–Crippen MR) is 106 cm³/mol. The van der Waals surface area contributed by atoms with Crippen LogP contribution in [-0.4, -0.2) is 24.1 Å². The van der Waals surface area contributed by atoms with Gasteiger partial charge in [0.2, 0.25) is 5.91 Å². The third kappa shape index (κ3) is 4.48. The van der Waals surface area contributed by atoms with Gasteiger partial charge in [0.25, 0.3) is 0 Å². The molecule has 1 aliphatic rings. The summed E-state index contributed by atoms with van der Waals surface area (Å²) in [4.78, 5) is 17.4. The first-order valence-electron chi connectivity index (χ1n) is 9.04. The molecule has 4 rings (SSSR count). The van der Waals surface area contributed by atoms with Crippen molar-refractivity contribution in [2.24, 2.45) is 0 Å². The first-order chi connectivity index (χ1) is 13.7. The number of carbonyl (C=O) groups excluding carboxylic acids is 1. The van der Waals surface area contributed by atoms with Gasteiger partial charge in [0.15, 0.2) is 16.6 Å². The van der Waals surface area contributed by atoms with E-state index in [1.54, 1.807) is 24.4 Å². The van der Waals surface area contributed by atoms with E-state index < -0.39 is 0 Å². The van der Waals surface area contributed by atoms with E-state index in [4.69, 9.17) is 9.47 Å². The zero-order valence-electron chi connectivity index (χ0n) is 15.1. The highest BCUT2D eigenvalue weighted by molar-refractivity contribution is 7.15. The molecule has 0 aliphatic carbocycles. The first kappa shape index (κ1) is 18.4. The van der Waals surface area contributed by atoms with E-state index in [0.717, 1.165) is 21.9 Å². The molecule has 0 saturated carbocycles. The standard InChI is InChI=1S/C21H19FN2O3S/c22-17-4-2-1-3-15(17)12-16-13-23-21(28-16)24-20(25)8-6-14-5-7-18-19(11-14)27-10-9-26-18/h1-5,7,11,13H,6,8-10,12H2,(H,23,24,25). The summed E-state index contributed by atoms with van der Waals surface area (Å²) < 4.78 is 24.8. The molecule has 0 saturated heterocycles. The molecule has 0 radical (unpaired) electrons. The highest BCUT2D eigenvalue weighted by Gasteiger charge is 2.13. The molecule has 2 aromatic carbocycles. The van der Waals surface area contributed by atoms with Crippen LogP contribution in [0, 0.1) is 5.82 Å². The van der Waals surface area contributed by atoms with E-state index in [2.05, 4.69) is 10.3 Å². The summed E-state index contributed by atoms with van der Waals surface area (Å²) >= 11 is 1.36. The highest BCUT2D eigenvalue weighted by atomic mass is 32.1. The zero-order valence-corrected chi connectivity index (χ0v) is 15.9. The molecule has 1 amide bonds. The van der Waals surface area contributed by atoms with Gasteiger partial charge in [-0.15, -0.1) is 11.3 Å². The number of amides is 1. The van der Waals surface area contributed by atoms with Crippen LogP contribution in [0.2, 0.25) is 0 Å². The van der Waals surface area contributed by atoms with Gasteiger partial charge in [0, 0.05) is 23.9 Å². The molecule has 144 valence electrons. The maximum absolute atomic E-state index is 13.8. The number of aromatic nitrogens is 1. The third-order valence-electron chi connectivity index (χ3n) is 4.37. The summed E-state index contributed by atoms with van der Waals surface area (Å²) in [7, 11) is 0. The molecule has 3 aromatic rings. The van der Waals surface area contributed by atoms with Crippen molar-refractivity contribution in [1.82, 2.24) is 4.98 Å². The lowest BCUT2D eigenvalue weighted by molar-refractivity contribution is -0.116. The minimum Gasteiger partial charge on any atom is -0.486 e. The van der Waals surface area contributed by atoms with Gasteiger partial charge in [-0.1, -0.05) is 24.3 Å². The zero-order chi connectivity index (χ0) is 19.3. The molecule has 0 bridgehead atoms. The number of fused-ring (bicyclic) bond motifs is 1. The van der Waals surface area contributed by atoms with E-state index in [-0.39, 0.29) is 11.7 Å². The third-order valence-corrected chi connectivity index (χ3v) is 5.28. The van der Waals surface area contributed by atoms with Crippen LogP contribution in [0.15, 0.2) is 48.7 Å². The number of nitrogens with one attached hydrogen (secondary N) is 1. The van der Waals surface area contributed by atoms with Crippen molar-refractivity contribution in [1.29, 1.82) is 0 Å². The second-order valence-electron chi connectivity index (χ2n) is 6.43. The van der Waals surface area contributed by atoms with Crippen LogP contribution in [0.3, 0.4) is 0 Å². The minimum absolute atomic E-state index is 0.110. The number of rotatable bonds is 6. The molecular weight excluding hydrogens is 379 g/mol. The van der Waals surface area contributed by atoms with Crippen LogP contribution < -0.4 is 14.8 Å².